The van der Waals surface area contributed by atoms with Crippen LogP contribution >= 0.6 is 15.9 Å². The van der Waals surface area contributed by atoms with E-state index in [0.717, 1.165) is 5.56 Å². The van der Waals surface area contributed by atoms with Gasteiger partial charge in [-0.3, -0.25) is 4.79 Å². The van der Waals surface area contributed by atoms with Gasteiger partial charge in [-0.05, 0) is 53.4 Å². The molecule has 0 radical (unpaired) electrons. The van der Waals surface area contributed by atoms with Crippen molar-refractivity contribution in [1.29, 1.82) is 0 Å². The predicted molar refractivity (Wildman–Crippen MR) is 86.0 cm³/mol. The molecule has 0 fully saturated rings. The van der Waals surface area contributed by atoms with Crippen molar-refractivity contribution in [3.05, 3.63) is 58.8 Å². The lowest BCUT2D eigenvalue weighted by molar-refractivity contribution is -0.132. The molecule has 0 aliphatic heterocycles. The predicted octanol–water partition coefficient (Wildman–Crippen LogP) is 3.17. The van der Waals surface area contributed by atoms with Crippen LogP contribution in [0.25, 0.3) is 0 Å². The summed E-state index contributed by atoms with van der Waals surface area (Å²) in [6.45, 7) is 1.53. The minimum atomic E-state index is -1.43. The van der Waals surface area contributed by atoms with E-state index in [1.165, 1.54) is 6.92 Å². The number of amides is 1. The maximum absolute atomic E-state index is 12.2. The molecule has 1 aromatic heterocycles. The molecule has 0 aliphatic rings. The van der Waals surface area contributed by atoms with Gasteiger partial charge < -0.3 is 10.4 Å². The Labute approximate surface area is 132 Å². The van der Waals surface area contributed by atoms with Crippen LogP contribution in [0.3, 0.4) is 0 Å². The minimum absolute atomic E-state index is 0.356. The number of aromatic nitrogens is 1. The Morgan fingerprint density at radius 1 is 1.33 bits per heavy atom. The zero-order chi connectivity index (χ0) is 15.3. The summed E-state index contributed by atoms with van der Waals surface area (Å²) in [7, 11) is 0. The molecular formula is C16H17BrN2O2. The van der Waals surface area contributed by atoms with E-state index >= 15 is 0 Å². The zero-order valence-corrected chi connectivity index (χ0v) is 13.3. The number of hydrogen-bond acceptors (Lipinski definition) is 3. The van der Waals surface area contributed by atoms with Crippen LogP contribution in [-0.4, -0.2) is 21.6 Å². The van der Waals surface area contributed by atoms with E-state index in [9.17, 15) is 9.90 Å². The molecule has 4 nitrogen and oxygen atoms in total. The first kappa shape index (κ1) is 15.7. The standard InChI is InChI=1S/C16H17BrN2O2/c1-16(21,9-7-12-5-3-2-4-6-12)15(20)19-13-8-10-18-14(17)11-13/h2-6,8,10-11,21H,7,9H2,1H3,(H,18,19,20)/t16-/m1/s1. The van der Waals surface area contributed by atoms with Crippen LogP contribution in [-0.2, 0) is 11.2 Å². The Bertz CT molecular complexity index is 615. The van der Waals surface area contributed by atoms with E-state index in [1.54, 1.807) is 18.3 Å². The van der Waals surface area contributed by atoms with Gasteiger partial charge in [-0.15, -0.1) is 0 Å². The SMILES string of the molecule is C[C@@](O)(CCc1ccccc1)C(=O)Nc1ccnc(Br)c1. The summed E-state index contributed by atoms with van der Waals surface area (Å²) >= 11 is 3.24. The molecule has 0 saturated heterocycles. The number of aryl methyl sites for hydroxylation is 1. The number of hydrogen-bond donors (Lipinski definition) is 2. The number of aliphatic hydroxyl groups is 1. The number of benzene rings is 1. The van der Waals surface area contributed by atoms with Crippen molar-refractivity contribution < 1.29 is 9.90 Å². The van der Waals surface area contributed by atoms with Gasteiger partial charge in [-0.2, -0.15) is 0 Å². The third-order valence-corrected chi connectivity index (χ3v) is 3.65. The van der Waals surface area contributed by atoms with Crippen molar-refractivity contribution in [2.45, 2.75) is 25.4 Å². The van der Waals surface area contributed by atoms with Gasteiger partial charge in [0.05, 0.1) is 0 Å². The highest BCUT2D eigenvalue weighted by Gasteiger charge is 2.29. The fourth-order valence-electron chi connectivity index (χ4n) is 1.89. The first-order valence-corrected chi connectivity index (χ1v) is 7.46. The average molecular weight is 349 g/mol. The van der Waals surface area contributed by atoms with Gasteiger partial charge in [-0.25, -0.2) is 4.98 Å². The first-order valence-electron chi connectivity index (χ1n) is 6.67. The molecule has 21 heavy (non-hydrogen) atoms. The van der Waals surface area contributed by atoms with E-state index in [0.29, 0.717) is 23.1 Å². The van der Waals surface area contributed by atoms with E-state index in [1.807, 2.05) is 30.3 Å². The number of carbonyl (C=O) groups excluding carboxylic acids is 1. The molecule has 0 spiro atoms. The molecule has 2 aromatic rings. The maximum atomic E-state index is 12.2. The lowest BCUT2D eigenvalue weighted by atomic mass is 9.96. The molecular weight excluding hydrogens is 332 g/mol. The highest BCUT2D eigenvalue weighted by Crippen LogP contribution is 2.18. The highest BCUT2D eigenvalue weighted by atomic mass is 79.9. The number of nitrogens with zero attached hydrogens (tertiary/aromatic N) is 1. The van der Waals surface area contributed by atoms with Gasteiger partial charge in [0.15, 0.2) is 0 Å². The Balaban J connectivity index is 1.96. The zero-order valence-electron chi connectivity index (χ0n) is 11.7. The summed E-state index contributed by atoms with van der Waals surface area (Å²) < 4.78 is 0.629. The van der Waals surface area contributed by atoms with Gasteiger partial charge in [0.1, 0.15) is 10.2 Å². The van der Waals surface area contributed by atoms with Gasteiger partial charge >= 0.3 is 0 Å². The Morgan fingerprint density at radius 3 is 2.71 bits per heavy atom. The summed E-state index contributed by atoms with van der Waals surface area (Å²) in [5.74, 6) is -0.420. The fraction of sp³-hybridized carbons (Fsp3) is 0.250. The highest BCUT2D eigenvalue weighted by molar-refractivity contribution is 9.10. The second kappa shape index (κ2) is 6.83. The van der Waals surface area contributed by atoms with Crippen molar-refractivity contribution >= 4 is 27.5 Å². The molecule has 0 unspecified atom stereocenters. The summed E-state index contributed by atoms with van der Waals surface area (Å²) in [4.78, 5) is 16.2. The van der Waals surface area contributed by atoms with Crippen molar-refractivity contribution in [2.24, 2.45) is 0 Å². The Kier molecular flexibility index (Phi) is 5.09. The number of pyridine rings is 1. The normalized spacial score (nSPS) is 13.5. The molecule has 0 bridgehead atoms. The van der Waals surface area contributed by atoms with Crippen LogP contribution in [0.4, 0.5) is 5.69 Å². The minimum Gasteiger partial charge on any atom is -0.380 e. The smallest absolute Gasteiger partial charge is 0.256 e. The number of rotatable bonds is 5. The summed E-state index contributed by atoms with van der Waals surface area (Å²) in [6, 6.07) is 13.1. The maximum Gasteiger partial charge on any atom is 0.256 e. The quantitative estimate of drug-likeness (QED) is 0.815. The fourth-order valence-corrected chi connectivity index (χ4v) is 2.26. The van der Waals surface area contributed by atoms with Crippen LogP contribution in [0.2, 0.25) is 0 Å². The van der Waals surface area contributed by atoms with Crippen LogP contribution in [0.15, 0.2) is 53.3 Å². The number of anilines is 1. The van der Waals surface area contributed by atoms with Crippen molar-refractivity contribution in [3.8, 4) is 0 Å². The molecule has 0 saturated carbocycles. The van der Waals surface area contributed by atoms with Crippen LogP contribution in [0.1, 0.15) is 18.9 Å². The monoisotopic (exact) mass is 348 g/mol. The molecule has 5 heteroatoms. The summed E-state index contributed by atoms with van der Waals surface area (Å²) in [5, 5.41) is 13.0. The molecule has 1 heterocycles. The molecule has 1 amide bonds. The van der Waals surface area contributed by atoms with Crippen molar-refractivity contribution in [1.82, 2.24) is 4.98 Å². The molecule has 2 N–H and O–H groups in total. The van der Waals surface area contributed by atoms with Crippen molar-refractivity contribution in [3.63, 3.8) is 0 Å². The van der Waals surface area contributed by atoms with Gasteiger partial charge in [0, 0.05) is 11.9 Å². The third-order valence-electron chi connectivity index (χ3n) is 3.22. The molecule has 110 valence electrons. The van der Waals surface area contributed by atoms with Gasteiger partial charge in [0.2, 0.25) is 0 Å². The Hall–Kier alpha value is -1.72. The molecule has 2 rings (SSSR count). The summed E-state index contributed by atoms with van der Waals surface area (Å²) in [5.41, 5.74) is 0.269. The average Bonchev–Trinajstić information content (AvgIpc) is 2.46. The van der Waals surface area contributed by atoms with Crippen LogP contribution in [0, 0.1) is 0 Å². The number of carbonyl (C=O) groups is 1. The van der Waals surface area contributed by atoms with E-state index in [-0.39, 0.29) is 0 Å². The van der Waals surface area contributed by atoms with Crippen LogP contribution < -0.4 is 5.32 Å². The van der Waals surface area contributed by atoms with E-state index < -0.39 is 11.5 Å². The van der Waals surface area contributed by atoms with Crippen LogP contribution in [0.5, 0.6) is 0 Å². The summed E-state index contributed by atoms with van der Waals surface area (Å²) in [6.07, 6.45) is 2.58. The number of nitrogens with one attached hydrogen (secondary N) is 1. The number of halogens is 1. The molecule has 0 aliphatic carbocycles. The van der Waals surface area contributed by atoms with E-state index in [4.69, 9.17) is 0 Å². The lowest BCUT2D eigenvalue weighted by Crippen LogP contribution is -2.40. The lowest BCUT2D eigenvalue weighted by Gasteiger charge is -2.22. The first-order chi connectivity index (χ1) is 9.97. The Morgan fingerprint density at radius 2 is 2.05 bits per heavy atom. The van der Waals surface area contributed by atoms with Crippen molar-refractivity contribution in [2.75, 3.05) is 5.32 Å². The second-order valence-corrected chi connectivity index (χ2v) is 5.89. The topological polar surface area (TPSA) is 62.2 Å². The second-order valence-electron chi connectivity index (χ2n) is 5.08. The third kappa shape index (κ3) is 4.65. The molecule has 1 aromatic carbocycles. The van der Waals surface area contributed by atoms with E-state index in [2.05, 4.69) is 26.2 Å². The largest absolute Gasteiger partial charge is 0.380 e. The molecule has 1 atom stereocenters. The van der Waals surface area contributed by atoms with Gasteiger partial charge in [0.25, 0.3) is 5.91 Å². The van der Waals surface area contributed by atoms with Gasteiger partial charge in [-0.1, -0.05) is 30.3 Å².